The molecule has 0 radical (unpaired) electrons. The number of nitrogens with zero attached hydrogens (tertiary/aromatic N) is 1. The minimum Gasteiger partial charge on any atom is -0.298 e. The van der Waals surface area contributed by atoms with Crippen molar-refractivity contribution in [2.75, 3.05) is 5.32 Å². The number of amides is 1. The van der Waals surface area contributed by atoms with E-state index >= 15 is 0 Å². The van der Waals surface area contributed by atoms with Crippen molar-refractivity contribution < 1.29 is 4.79 Å². The predicted molar refractivity (Wildman–Crippen MR) is 88.2 cm³/mol. The molecule has 0 saturated heterocycles. The molecule has 1 aromatic heterocycles. The highest BCUT2D eigenvalue weighted by molar-refractivity contribution is 7.22. The number of fused-ring (bicyclic) bond motifs is 1. The van der Waals surface area contributed by atoms with Crippen molar-refractivity contribution in [2.24, 2.45) is 0 Å². The van der Waals surface area contributed by atoms with Crippen LogP contribution >= 0.6 is 11.3 Å². The number of nitrogens with one attached hydrogen (secondary N) is 1. The zero-order valence-electron chi connectivity index (χ0n) is 12.2. The van der Waals surface area contributed by atoms with Gasteiger partial charge in [0.05, 0.1) is 10.2 Å². The van der Waals surface area contributed by atoms with Crippen molar-refractivity contribution in [3.63, 3.8) is 0 Å². The van der Waals surface area contributed by atoms with E-state index in [0.29, 0.717) is 10.7 Å². The molecule has 0 aliphatic heterocycles. The second-order valence-electron chi connectivity index (χ2n) is 5.26. The normalized spacial score (nSPS) is 10.8. The fourth-order valence-corrected chi connectivity index (χ4v) is 3.28. The maximum atomic E-state index is 12.3. The Kier molecular flexibility index (Phi) is 3.47. The van der Waals surface area contributed by atoms with Crippen molar-refractivity contribution in [1.82, 2.24) is 4.98 Å². The summed E-state index contributed by atoms with van der Waals surface area (Å²) in [5.74, 6) is -0.108. The molecule has 1 amide bonds. The highest BCUT2D eigenvalue weighted by Crippen LogP contribution is 2.27. The van der Waals surface area contributed by atoms with Gasteiger partial charge in [0.25, 0.3) is 5.91 Å². The predicted octanol–water partition coefficient (Wildman–Crippen LogP) is 4.47. The number of aryl methyl sites for hydroxylation is 3. The van der Waals surface area contributed by atoms with Crippen LogP contribution in [0.1, 0.15) is 27.0 Å². The summed E-state index contributed by atoms with van der Waals surface area (Å²) >= 11 is 1.50. The Hall–Kier alpha value is -2.20. The van der Waals surface area contributed by atoms with Crippen LogP contribution in [0.2, 0.25) is 0 Å². The molecule has 21 heavy (non-hydrogen) atoms. The third-order valence-electron chi connectivity index (χ3n) is 3.39. The Labute approximate surface area is 127 Å². The van der Waals surface area contributed by atoms with E-state index < -0.39 is 0 Å². The van der Waals surface area contributed by atoms with Crippen molar-refractivity contribution in [3.05, 3.63) is 58.7 Å². The molecule has 0 saturated carbocycles. The molecule has 0 spiro atoms. The third-order valence-corrected chi connectivity index (χ3v) is 4.32. The number of rotatable bonds is 2. The van der Waals surface area contributed by atoms with Gasteiger partial charge < -0.3 is 0 Å². The Morgan fingerprint density at radius 3 is 2.52 bits per heavy atom. The summed E-state index contributed by atoms with van der Waals surface area (Å²) in [6, 6.07) is 11.9. The summed E-state index contributed by atoms with van der Waals surface area (Å²) in [5.41, 5.74) is 4.93. The van der Waals surface area contributed by atoms with Crippen molar-refractivity contribution in [3.8, 4) is 0 Å². The van der Waals surface area contributed by atoms with Crippen LogP contribution in [0, 0.1) is 20.8 Å². The first-order chi connectivity index (χ1) is 10.0. The smallest absolute Gasteiger partial charge is 0.257 e. The van der Waals surface area contributed by atoms with E-state index in [9.17, 15) is 4.79 Å². The monoisotopic (exact) mass is 296 g/mol. The number of benzene rings is 2. The minimum absolute atomic E-state index is 0.108. The molecule has 3 nitrogen and oxygen atoms in total. The van der Waals surface area contributed by atoms with Crippen LogP contribution in [0.25, 0.3) is 10.2 Å². The van der Waals surface area contributed by atoms with E-state index in [2.05, 4.69) is 16.4 Å². The zero-order valence-corrected chi connectivity index (χ0v) is 13.0. The first-order valence-electron chi connectivity index (χ1n) is 6.79. The number of anilines is 1. The molecule has 0 aliphatic rings. The lowest BCUT2D eigenvalue weighted by Gasteiger charge is -2.06. The molecule has 4 heteroatoms. The number of carbonyl (C=O) groups is 1. The van der Waals surface area contributed by atoms with Gasteiger partial charge >= 0.3 is 0 Å². The quantitative estimate of drug-likeness (QED) is 0.758. The standard InChI is InChI=1S/C17H16N2OS/c1-10-4-6-13(12(3)8-10)16(20)19-17-18-14-7-5-11(2)9-15(14)21-17/h4-9H,1-3H3,(H,18,19,20). The highest BCUT2D eigenvalue weighted by atomic mass is 32.1. The molecular formula is C17H16N2OS. The van der Waals surface area contributed by atoms with Gasteiger partial charge in [-0.15, -0.1) is 0 Å². The summed E-state index contributed by atoms with van der Waals surface area (Å²) in [5, 5.41) is 3.54. The Morgan fingerprint density at radius 2 is 1.76 bits per heavy atom. The molecule has 3 rings (SSSR count). The summed E-state index contributed by atoms with van der Waals surface area (Å²) in [7, 11) is 0. The first kappa shape index (κ1) is 13.8. The number of hydrogen-bond acceptors (Lipinski definition) is 3. The fraction of sp³-hybridized carbons (Fsp3) is 0.176. The van der Waals surface area contributed by atoms with Gasteiger partial charge in [-0.25, -0.2) is 4.98 Å². The molecule has 106 valence electrons. The van der Waals surface area contributed by atoms with Crippen LogP contribution in [0.4, 0.5) is 5.13 Å². The van der Waals surface area contributed by atoms with E-state index in [1.165, 1.54) is 16.9 Å². The van der Waals surface area contributed by atoms with Crippen LogP contribution in [0.3, 0.4) is 0 Å². The molecule has 0 unspecified atom stereocenters. The molecule has 3 aromatic rings. The van der Waals surface area contributed by atoms with E-state index in [1.807, 2.05) is 51.1 Å². The van der Waals surface area contributed by atoms with Gasteiger partial charge in [-0.05, 0) is 50.1 Å². The summed E-state index contributed by atoms with van der Waals surface area (Å²) in [6.07, 6.45) is 0. The largest absolute Gasteiger partial charge is 0.298 e. The molecule has 1 N–H and O–H groups in total. The molecule has 1 heterocycles. The SMILES string of the molecule is Cc1ccc(C(=O)Nc2nc3ccc(C)cc3s2)c(C)c1. The second-order valence-corrected chi connectivity index (χ2v) is 6.29. The third kappa shape index (κ3) is 2.81. The second kappa shape index (κ2) is 5.30. The van der Waals surface area contributed by atoms with Crippen LogP contribution in [0.5, 0.6) is 0 Å². The summed E-state index contributed by atoms with van der Waals surface area (Å²) in [6.45, 7) is 6.02. The van der Waals surface area contributed by atoms with E-state index in [-0.39, 0.29) is 5.91 Å². The van der Waals surface area contributed by atoms with Gasteiger partial charge in [-0.3, -0.25) is 10.1 Å². The number of hydrogen-bond donors (Lipinski definition) is 1. The molecule has 0 fully saturated rings. The van der Waals surface area contributed by atoms with Crippen LogP contribution < -0.4 is 5.32 Å². The van der Waals surface area contributed by atoms with Gasteiger partial charge in [0.1, 0.15) is 0 Å². The van der Waals surface area contributed by atoms with Gasteiger partial charge in [-0.2, -0.15) is 0 Å². The minimum atomic E-state index is -0.108. The van der Waals surface area contributed by atoms with Crippen molar-refractivity contribution in [1.29, 1.82) is 0 Å². The summed E-state index contributed by atoms with van der Waals surface area (Å²) < 4.78 is 1.09. The maximum Gasteiger partial charge on any atom is 0.257 e. The molecule has 0 atom stereocenters. The number of carbonyl (C=O) groups excluding carboxylic acids is 1. The Morgan fingerprint density at radius 1 is 1.05 bits per heavy atom. The van der Waals surface area contributed by atoms with Gasteiger partial charge in [0, 0.05) is 5.56 Å². The fourth-order valence-electron chi connectivity index (χ4n) is 2.32. The average molecular weight is 296 g/mol. The summed E-state index contributed by atoms with van der Waals surface area (Å²) in [4.78, 5) is 16.8. The molecule has 0 bridgehead atoms. The van der Waals surface area contributed by atoms with Gasteiger partial charge in [0.15, 0.2) is 5.13 Å². The number of thiazole rings is 1. The molecule has 2 aromatic carbocycles. The molecular weight excluding hydrogens is 280 g/mol. The Bertz CT molecular complexity index is 836. The zero-order chi connectivity index (χ0) is 15.0. The maximum absolute atomic E-state index is 12.3. The van der Waals surface area contributed by atoms with Crippen LogP contribution in [-0.2, 0) is 0 Å². The highest BCUT2D eigenvalue weighted by Gasteiger charge is 2.12. The van der Waals surface area contributed by atoms with Crippen molar-refractivity contribution in [2.45, 2.75) is 20.8 Å². The van der Waals surface area contributed by atoms with Crippen molar-refractivity contribution >= 4 is 32.6 Å². The topological polar surface area (TPSA) is 42.0 Å². The van der Waals surface area contributed by atoms with Crippen LogP contribution in [0.15, 0.2) is 36.4 Å². The average Bonchev–Trinajstić information content (AvgIpc) is 2.79. The van der Waals surface area contributed by atoms with E-state index in [0.717, 1.165) is 21.3 Å². The van der Waals surface area contributed by atoms with Gasteiger partial charge in [-0.1, -0.05) is 35.1 Å². The van der Waals surface area contributed by atoms with Gasteiger partial charge in [0.2, 0.25) is 0 Å². The van der Waals surface area contributed by atoms with Crippen LogP contribution in [-0.4, -0.2) is 10.9 Å². The Balaban J connectivity index is 1.89. The van der Waals surface area contributed by atoms with E-state index in [4.69, 9.17) is 0 Å². The lowest BCUT2D eigenvalue weighted by atomic mass is 10.1. The molecule has 0 aliphatic carbocycles. The lowest BCUT2D eigenvalue weighted by molar-refractivity contribution is 0.102. The lowest BCUT2D eigenvalue weighted by Crippen LogP contribution is -2.13. The first-order valence-corrected chi connectivity index (χ1v) is 7.60. The van der Waals surface area contributed by atoms with E-state index in [1.54, 1.807) is 0 Å². The number of aromatic nitrogens is 1.